The number of nitrogens with two attached hydrogens (primary N) is 1. The van der Waals surface area contributed by atoms with E-state index in [0.29, 0.717) is 34.8 Å². The molecule has 1 fully saturated rings. The summed E-state index contributed by atoms with van der Waals surface area (Å²) >= 11 is 11.9. The van der Waals surface area contributed by atoms with Gasteiger partial charge < -0.3 is 15.4 Å². The largest absolute Gasteiger partial charge is 0.479 e. The van der Waals surface area contributed by atoms with Gasteiger partial charge in [0.1, 0.15) is 5.75 Å². The van der Waals surface area contributed by atoms with Crippen molar-refractivity contribution in [2.75, 3.05) is 13.1 Å². The SMILES string of the molecule is CC(Oc1ccc(Cl)cc1Cl)C(=O)N1CC(CN)CC1C.Cl. The fraction of sp³-hybridized carbons (Fsp3) is 0.533. The van der Waals surface area contributed by atoms with Crippen molar-refractivity contribution in [3.8, 4) is 5.75 Å². The van der Waals surface area contributed by atoms with Crippen LogP contribution in [0.4, 0.5) is 0 Å². The van der Waals surface area contributed by atoms with E-state index in [2.05, 4.69) is 0 Å². The number of halogens is 3. The number of amides is 1. The van der Waals surface area contributed by atoms with Crippen LogP contribution in [0.15, 0.2) is 18.2 Å². The second-order valence-electron chi connectivity index (χ2n) is 5.51. The molecule has 0 spiro atoms. The van der Waals surface area contributed by atoms with Gasteiger partial charge in [0.15, 0.2) is 6.10 Å². The minimum absolute atomic E-state index is 0. The van der Waals surface area contributed by atoms with Crippen LogP contribution in [0.25, 0.3) is 0 Å². The molecule has 1 heterocycles. The van der Waals surface area contributed by atoms with Crippen LogP contribution in [0, 0.1) is 5.92 Å². The van der Waals surface area contributed by atoms with Gasteiger partial charge in [0.25, 0.3) is 5.91 Å². The van der Waals surface area contributed by atoms with E-state index < -0.39 is 6.10 Å². The molecule has 0 aliphatic carbocycles. The van der Waals surface area contributed by atoms with Crippen LogP contribution in [0.2, 0.25) is 10.0 Å². The molecule has 1 amide bonds. The number of hydrogen-bond acceptors (Lipinski definition) is 3. The maximum atomic E-state index is 12.5. The van der Waals surface area contributed by atoms with Gasteiger partial charge in [0.2, 0.25) is 0 Å². The van der Waals surface area contributed by atoms with Crippen LogP contribution in [0.3, 0.4) is 0 Å². The van der Waals surface area contributed by atoms with Crippen molar-refractivity contribution in [3.05, 3.63) is 28.2 Å². The van der Waals surface area contributed by atoms with Gasteiger partial charge in [-0.15, -0.1) is 12.4 Å². The van der Waals surface area contributed by atoms with Gasteiger partial charge in [-0.05, 0) is 50.9 Å². The molecule has 7 heteroatoms. The topological polar surface area (TPSA) is 55.6 Å². The second-order valence-corrected chi connectivity index (χ2v) is 6.36. The maximum Gasteiger partial charge on any atom is 0.263 e. The van der Waals surface area contributed by atoms with Crippen molar-refractivity contribution in [3.63, 3.8) is 0 Å². The fourth-order valence-electron chi connectivity index (χ4n) is 2.67. The van der Waals surface area contributed by atoms with E-state index in [0.717, 1.165) is 6.42 Å². The number of hydrogen-bond donors (Lipinski definition) is 1. The first-order valence-corrected chi connectivity index (χ1v) is 7.80. The number of nitrogens with zero attached hydrogens (tertiary/aromatic N) is 1. The zero-order valence-electron chi connectivity index (χ0n) is 12.6. The number of carbonyl (C=O) groups is 1. The Kier molecular flexibility index (Phi) is 7.26. The summed E-state index contributed by atoms with van der Waals surface area (Å²) in [7, 11) is 0. The number of carbonyl (C=O) groups excluding carboxylic acids is 1. The van der Waals surface area contributed by atoms with Crippen molar-refractivity contribution in [1.82, 2.24) is 4.90 Å². The van der Waals surface area contributed by atoms with E-state index in [1.165, 1.54) is 0 Å². The molecule has 2 rings (SSSR count). The van der Waals surface area contributed by atoms with Crippen LogP contribution in [-0.4, -0.2) is 36.0 Å². The van der Waals surface area contributed by atoms with Crippen LogP contribution >= 0.6 is 35.6 Å². The molecule has 2 N–H and O–H groups in total. The first kappa shape index (κ1) is 19.4. The molecule has 0 radical (unpaired) electrons. The third-order valence-corrected chi connectivity index (χ3v) is 4.35. The molecule has 1 aliphatic heterocycles. The Morgan fingerprint density at radius 2 is 2.18 bits per heavy atom. The zero-order valence-corrected chi connectivity index (χ0v) is 14.9. The smallest absolute Gasteiger partial charge is 0.263 e. The Labute approximate surface area is 147 Å². The number of ether oxygens (including phenoxy) is 1. The van der Waals surface area contributed by atoms with E-state index in [4.69, 9.17) is 33.7 Å². The highest BCUT2D eigenvalue weighted by atomic mass is 35.5. The van der Waals surface area contributed by atoms with Crippen LogP contribution in [-0.2, 0) is 4.79 Å². The normalized spacial score (nSPS) is 22.1. The third kappa shape index (κ3) is 4.42. The summed E-state index contributed by atoms with van der Waals surface area (Å²) in [6.07, 6.45) is 0.346. The average Bonchev–Trinajstić information content (AvgIpc) is 2.82. The molecule has 1 aromatic rings. The lowest BCUT2D eigenvalue weighted by atomic mass is 10.1. The average molecular weight is 368 g/mol. The summed E-state index contributed by atoms with van der Waals surface area (Å²) in [6, 6.07) is 5.14. The molecule has 1 aromatic carbocycles. The molecule has 0 bridgehead atoms. The lowest BCUT2D eigenvalue weighted by molar-refractivity contribution is -0.138. The Bertz CT molecular complexity index is 528. The van der Waals surface area contributed by atoms with Crippen molar-refractivity contribution >= 4 is 41.5 Å². The monoisotopic (exact) mass is 366 g/mol. The van der Waals surface area contributed by atoms with Gasteiger partial charge in [-0.25, -0.2) is 0 Å². The van der Waals surface area contributed by atoms with Crippen LogP contribution in [0.5, 0.6) is 5.75 Å². The summed E-state index contributed by atoms with van der Waals surface area (Å²) in [4.78, 5) is 14.3. The third-order valence-electron chi connectivity index (χ3n) is 3.82. The minimum atomic E-state index is -0.595. The van der Waals surface area contributed by atoms with E-state index in [1.807, 2.05) is 11.8 Å². The summed E-state index contributed by atoms with van der Waals surface area (Å²) in [6.45, 7) is 5.07. The van der Waals surface area contributed by atoms with Crippen LogP contribution < -0.4 is 10.5 Å². The molecule has 0 saturated carbocycles. The Morgan fingerprint density at radius 1 is 1.50 bits per heavy atom. The van der Waals surface area contributed by atoms with E-state index in [9.17, 15) is 4.79 Å². The van der Waals surface area contributed by atoms with Crippen molar-refractivity contribution in [2.45, 2.75) is 32.4 Å². The Morgan fingerprint density at radius 3 is 2.73 bits per heavy atom. The maximum absolute atomic E-state index is 12.5. The number of rotatable bonds is 4. The molecule has 4 nitrogen and oxygen atoms in total. The van der Waals surface area contributed by atoms with Gasteiger partial charge in [0, 0.05) is 17.6 Å². The van der Waals surface area contributed by atoms with E-state index in [1.54, 1.807) is 25.1 Å². The predicted octanol–water partition coefficient (Wildman–Crippen LogP) is 3.38. The van der Waals surface area contributed by atoms with Gasteiger partial charge >= 0.3 is 0 Å². The number of likely N-dealkylation sites (tertiary alicyclic amines) is 1. The van der Waals surface area contributed by atoms with Crippen molar-refractivity contribution in [1.29, 1.82) is 0 Å². The summed E-state index contributed by atoms with van der Waals surface area (Å²) in [5.41, 5.74) is 5.69. The molecule has 0 aromatic heterocycles. The quantitative estimate of drug-likeness (QED) is 0.887. The molecule has 3 unspecified atom stereocenters. The predicted molar refractivity (Wildman–Crippen MR) is 92.1 cm³/mol. The van der Waals surface area contributed by atoms with Gasteiger partial charge in [-0.2, -0.15) is 0 Å². The molecule has 3 atom stereocenters. The minimum Gasteiger partial charge on any atom is -0.479 e. The van der Waals surface area contributed by atoms with Gasteiger partial charge in [-0.1, -0.05) is 23.2 Å². The molecule has 1 aliphatic rings. The fourth-order valence-corrected chi connectivity index (χ4v) is 3.12. The summed E-state index contributed by atoms with van der Waals surface area (Å²) in [5, 5.41) is 0.932. The van der Waals surface area contributed by atoms with Gasteiger partial charge in [-0.3, -0.25) is 4.79 Å². The Hall–Kier alpha value is -0.680. The highest BCUT2D eigenvalue weighted by Crippen LogP contribution is 2.29. The molecular weight excluding hydrogens is 347 g/mol. The highest BCUT2D eigenvalue weighted by Gasteiger charge is 2.34. The lowest BCUT2D eigenvalue weighted by Crippen LogP contribution is -2.42. The first-order chi connectivity index (χ1) is 9.92. The molecule has 22 heavy (non-hydrogen) atoms. The van der Waals surface area contributed by atoms with E-state index in [-0.39, 0.29) is 24.4 Å². The second kappa shape index (κ2) is 8.25. The highest BCUT2D eigenvalue weighted by molar-refractivity contribution is 6.35. The van der Waals surface area contributed by atoms with Crippen molar-refractivity contribution < 1.29 is 9.53 Å². The zero-order chi connectivity index (χ0) is 15.6. The first-order valence-electron chi connectivity index (χ1n) is 7.04. The van der Waals surface area contributed by atoms with Crippen molar-refractivity contribution in [2.24, 2.45) is 11.7 Å². The lowest BCUT2D eigenvalue weighted by Gasteiger charge is -2.25. The standard InChI is InChI=1S/C15H20Cl2N2O2.ClH/c1-9-5-11(7-18)8-19(9)15(20)10(2)21-14-4-3-12(16)6-13(14)17;/h3-4,6,9-11H,5,7-8,18H2,1-2H3;1H. The number of benzene rings is 1. The molecule has 124 valence electrons. The summed E-state index contributed by atoms with van der Waals surface area (Å²) < 4.78 is 5.68. The van der Waals surface area contributed by atoms with Crippen LogP contribution in [0.1, 0.15) is 20.3 Å². The Balaban J connectivity index is 0.00000242. The van der Waals surface area contributed by atoms with E-state index >= 15 is 0 Å². The van der Waals surface area contributed by atoms with Gasteiger partial charge in [0.05, 0.1) is 5.02 Å². The summed E-state index contributed by atoms with van der Waals surface area (Å²) in [5.74, 6) is 0.795. The molecule has 1 saturated heterocycles. The molecular formula is C15H21Cl3N2O2.